The highest BCUT2D eigenvalue weighted by Crippen LogP contribution is 2.33. The zero-order valence-electron chi connectivity index (χ0n) is 11.1. The lowest BCUT2D eigenvalue weighted by Crippen LogP contribution is -2.51. The molecule has 2 atom stereocenters. The molecule has 1 aliphatic rings. The summed E-state index contributed by atoms with van der Waals surface area (Å²) in [6, 6.07) is -0.109. The smallest absolute Gasteiger partial charge is 0.151 e. The molecule has 102 valence electrons. The summed E-state index contributed by atoms with van der Waals surface area (Å²) in [4.78, 5) is 0. The summed E-state index contributed by atoms with van der Waals surface area (Å²) < 4.78 is 23.2. The van der Waals surface area contributed by atoms with Gasteiger partial charge in [0.1, 0.15) is 0 Å². The lowest BCUT2D eigenvalue weighted by atomic mass is 9.77. The van der Waals surface area contributed by atoms with E-state index in [1.165, 1.54) is 25.5 Å². The Hall–Kier alpha value is -0.130. The molecule has 0 spiro atoms. The SMILES string of the molecule is CCC1CCC(C(NN)C(C)S(C)(=O)=O)CC1. The molecule has 0 aromatic heterocycles. The van der Waals surface area contributed by atoms with Crippen LogP contribution in [0.3, 0.4) is 0 Å². The van der Waals surface area contributed by atoms with Gasteiger partial charge in [0.05, 0.1) is 5.25 Å². The van der Waals surface area contributed by atoms with Crippen LogP contribution in [0.2, 0.25) is 0 Å². The van der Waals surface area contributed by atoms with Gasteiger partial charge in [-0.2, -0.15) is 0 Å². The van der Waals surface area contributed by atoms with Crippen LogP contribution in [-0.4, -0.2) is 26.0 Å². The molecule has 0 amide bonds. The summed E-state index contributed by atoms with van der Waals surface area (Å²) in [6.45, 7) is 3.98. The summed E-state index contributed by atoms with van der Waals surface area (Å²) in [6.07, 6.45) is 7.11. The van der Waals surface area contributed by atoms with Gasteiger partial charge >= 0.3 is 0 Å². The minimum Gasteiger partial charge on any atom is -0.271 e. The van der Waals surface area contributed by atoms with Crippen molar-refractivity contribution in [2.75, 3.05) is 6.26 Å². The maximum absolute atomic E-state index is 11.6. The van der Waals surface area contributed by atoms with Crippen LogP contribution in [-0.2, 0) is 9.84 Å². The highest BCUT2D eigenvalue weighted by molar-refractivity contribution is 7.91. The Morgan fingerprint density at radius 2 is 1.82 bits per heavy atom. The largest absolute Gasteiger partial charge is 0.271 e. The van der Waals surface area contributed by atoms with Gasteiger partial charge in [0.25, 0.3) is 0 Å². The molecule has 1 saturated carbocycles. The van der Waals surface area contributed by atoms with Gasteiger partial charge in [-0.15, -0.1) is 0 Å². The fourth-order valence-corrected chi connectivity index (χ4v) is 3.71. The molecule has 3 N–H and O–H groups in total. The molecule has 1 aliphatic carbocycles. The molecule has 0 saturated heterocycles. The molecule has 0 aromatic carbocycles. The molecule has 5 heteroatoms. The van der Waals surface area contributed by atoms with Crippen LogP contribution in [0.15, 0.2) is 0 Å². The Morgan fingerprint density at radius 1 is 1.29 bits per heavy atom. The molecule has 1 fully saturated rings. The van der Waals surface area contributed by atoms with Crippen LogP contribution >= 0.6 is 0 Å². The Kier molecular flexibility index (Phi) is 5.41. The quantitative estimate of drug-likeness (QED) is 0.581. The van der Waals surface area contributed by atoms with Crippen LogP contribution < -0.4 is 11.3 Å². The third-order valence-corrected chi connectivity index (χ3v) is 5.99. The van der Waals surface area contributed by atoms with E-state index < -0.39 is 15.1 Å². The van der Waals surface area contributed by atoms with Crippen LogP contribution in [0.4, 0.5) is 0 Å². The third-order valence-electron chi connectivity index (χ3n) is 4.35. The molecular formula is C12H26N2O2S. The zero-order chi connectivity index (χ0) is 13.1. The van der Waals surface area contributed by atoms with E-state index in [2.05, 4.69) is 12.3 Å². The van der Waals surface area contributed by atoms with E-state index in [1.54, 1.807) is 6.92 Å². The van der Waals surface area contributed by atoms with Crippen molar-refractivity contribution in [3.63, 3.8) is 0 Å². The van der Waals surface area contributed by atoms with Crippen LogP contribution in [0, 0.1) is 11.8 Å². The van der Waals surface area contributed by atoms with Gasteiger partial charge in [0, 0.05) is 12.3 Å². The Bertz CT molecular complexity index is 321. The van der Waals surface area contributed by atoms with Gasteiger partial charge in [-0.05, 0) is 31.6 Å². The lowest BCUT2D eigenvalue weighted by molar-refractivity contribution is 0.216. The average molecular weight is 262 g/mol. The van der Waals surface area contributed by atoms with E-state index in [0.717, 1.165) is 18.8 Å². The number of hydrogen-bond donors (Lipinski definition) is 2. The van der Waals surface area contributed by atoms with Crippen LogP contribution in [0.1, 0.15) is 46.0 Å². The molecule has 0 radical (unpaired) electrons. The summed E-state index contributed by atoms with van der Waals surface area (Å²) in [5.41, 5.74) is 2.73. The summed E-state index contributed by atoms with van der Waals surface area (Å²) in [5.74, 6) is 6.77. The summed E-state index contributed by atoms with van der Waals surface area (Å²) in [7, 11) is -3.03. The second-order valence-corrected chi connectivity index (χ2v) is 7.82. The summed E-state index contributed by atoms with van der Waals surface area (Å²) in [5, 5.41) is -0.407. The molecule has 0 bridgehead atoms. The maximum atomic E-state index is 11.6. The van der Waals surface area contributed by atoms with Crippen molar-refractivity contribution in [1.29, 1.82) is 0 Å². The van der Waals surface area contributed by atoms with E-state index in [1.807, 2.05) is 0 Å². The van der Waals surface area contributed by atoms with Gasteiger partial charge in [0.2, 0.25) is 0 Å². The van der Waals surface area contributed by atoms with Gasteiger partial charge in [-0.1, -0.05) is 26.2 Å². The van der Waals surface area contributed by atoms with E-state index in [0.29, 0.717) is 5.92 Å². The average Bonchev–Trinajstić information content (AvgIpc) is 2.29. The fourth-order valence-electron chi connectivity index (χ4n) is 2.88. The first-order chi connectivity index (χ1) is 7.90. The number of nitrogens with one attached hydrogen (secondary N) is 1. The zero-order valence-corrected chi connectivity index (χ0v) is 12.0. The minimum atomic E-state index is -3.03. The topological polar surface area (TPSA) is 72.2 Å². The predicted octanol–water partition coefficient (Wildman–Crippen LogP) is 1.47. The molecule has 0 heterocycles. The molecule has 2 unspecified atom stereocenters. The van der Waals surface area contributed by atoms with Crippen LogP contribution in [0.25, 0.3) is 0 Å². The molecular weight excluding hydrogens is 236 g/mol. The second kappa shape index (κ2) is 6.16. The van der Waals surface area contributed by atoms with Gasteiger partial charge in [-0.25, -0.2) is 8.42 Å². The number of rotatable bonds is 5. The van der Waals surface area contributed by atoms with Crippen LogP contribution in [0.5, 0.6) is 0 Å². The first-order valence-corrected chi connectivity index (χ1v) is 8.50. The van der Waals surface area contributed by atoms with E-state index in [-0.39, 0.29) is 6.04 Å². The van der Waals surface area contributed by atoms with Crippen molar-refractivity contribution in [1.82, 2.24) is 5.43 Å². The predicted molar refractivity (Wildman–Crippen MR) is 71.2 cm³/mol. The van der Waals surface area contributed by atoms with E-state index >= 15 is 0 Å². The van der Waals surface area contributed by atoms with Crippen molar-refractivity contribution in [2.24, 2.45) is 17.7 Å². The van der Waals surface area contributed by atoms with Crippen molar-refractivity contribution in [3.8, 4) is 0 Å². The standard InChI is InChI=1S/C12H26N2O2S/c1-4-10-5-7-11(8-6-10)12(14-13)9(2)17(3,15)16/h9-12,14H,4-8,13H2,1-3H3. The van der Waals surface area contributed by atoms with Gasteiger partial charge in [-0.3, -0.25) is 11.3 Å². The number of hydrogen-bond acceptors (Lipinski definition) is 4. The first-order valence-electron chi connectivity index (χ1n) is 6.55. The number of sulfone groups is 1. The molecule has 4 nitrogen and oxygen atoms in total. The second-order valence-electron chi connectivity index (χ2n) is 5.42. The first kappa shape index (κ1) is 14.9. The Balaban J connectivity index is 2.64. The minimum absolute atomic E-state index is 0.109. The van der Waals surface area contributed by atoms with Crippen molar-refractivity contribution < 1.29 is 8.42 Å². The Morgan fingerprint density at radius 3 is 2.18 bits per heavy atom. The normalized spacial score (nSPS) is 29.9. The highest BCUT2D eigenvalue weighted by Gasteiger charge is 2.33. The number of hydrazine groups is 1. The van der Waals surface area contributed by atoms with E-state index in [4.69, 9.17) is 5.84 Å². The lowest BCUT2D eigenvalue weighted by Gasteiger charge is -2.35. The molecule has 0 aliphatic heterocycles. The monoisotopic (exact) mass is 262 g/mol. The van der Waals surface area contributed by atoms with Gasteiger partial charge in [0.15, 0.2) is 9.84 Å². The van der Waals surface area contributed by atoms with Gasteiger partial charge < -0.3 is 0 Å². The number of nitrogens with two attached hydrogens (primary N) is 1. The molecule has 17 heavy (non-hydrogen) atoms. The maximum Gasteiger partial charge on any atom is 0.151 e. The molecule has 0 aromatic rings. The highest BCUT2D eigenvalue weighted by atomic mass is 32.2. The van der Waals surface area contributed by atoms with Crippen molar-refractivity contribution in [3.05, 3.63) is 0 Å². The summed E-state index contributed by atoms with van der Waals surface area (Å²) >= 11 is 0. The van der Waals surface area contributed by atoms with E-state index in [9.17, 15) is 8.42 Å². The molecule has 1 rings (SSSR count). The van der Waals surface area contributed by atoms with Crippen molar-refractivity contribution in [2.45, 2.75) is 57.2 Å². The Labute approximate surface area is 105 Å². The van der Waals surface area contributed by atoms with Crippen molar-refractivity contribution >= 4 is 9.84 Å². The third kappa shape index (κ3) is 3.93. The fraction of sp³-hybridized carbons (Fsp3) is 1.00.